The van der Waals surface area contributed by atoms with Gasteiger partial charge in [-0.1, -0.05) is 30.3 Å². The van der Waals surface area contributed by atoms with Gasteiger partial charge in [0, 0.05) is 34.1 Å². The number of H-pyrrole nitrogens is 1. The molecule has 2 N–H and O–H groups in total. The van der Waals surface area contributed by atoms with E-state index in [4.69, 9.17) is 9.47 Å². The van der Waals surface area contributed by atoms with Gasteiger partial charge in [-0.2, -0.15) is 0 Å². The van der Waals surface area contributed by atoms with Crippen LogP contribution in [-0.4, -0.2) is 29.5 Å². The molecular formula is C21H22N2O3S. The van der Waals surface area contributed by atoms with E-state index in [1.807, 2.05) is 36.5 Å². The first-order valence-corrected chi connectivity index (χ1v) is 10.0. The van der Waals surface area contributed by atoms with Gasteiger partial charge in [0.05, 0.1) is 14.2 Å². The van der Waals surface area contributed by atoms with Crippen LogP contribution in [0, 0.1) is 0 Å². The van der Waals surface area contributed by atoms with E-state index in [9.17, 15) is 4.21 Å². The zero-order chi connectivity index (χ0) is 18.8. The fourth-order valence-electron chi connectivity index (χ4n) is 3.68. The van der Waals surface area contributed by atoms with Crippen molar-refractivity contribution in [1.82, 2.24) is 9.71 Å². The van der Waals surface area contributed by atoms with E-state index in [2.05, 4.69) is 21.8 Å². The van der Waals surface area contributed by atoms with E-state index in [0.717, 1.165) is 29.5 Å². The normalized spacial score (nSPS) is 19.7. The molecule has 0 fully saturated rings. The Morgan fingerprint density at radius 3 is 2.78 bits per heavy atom. The lowest BCUT2D eigenvalue weighted by atomic mass is 9.95. The Balaban J connectivity index is 1.63. The zero-order valence-electron chi connectivity index (χ0n) is 15.3. The Morgan fingerprint density at radius 2 is 1.96 bits per heavy atom. The van der Waals surface area contributed by atoms with E-state index in [0.29, 0.717) is 11.5 Å². The molecule has 2 atom stereocenters. The molecule has 6 heteroatoms. The molecule has 0 radical (unpaired) electrons. The molecule has 2 heterocycles. The number of methoxy groups -OCH3 is 2. The largest absolute Gasteiger partial charge is 0.493 e. The number of nitrogens with one attached hydrogen (secondary N) is 2. The van der Waals surface area contributed by atoms with Gasteiger partial charge in [-0.3, -0.25) is 0 Å². The van der Waals surface area contributed by atoms with Crippen molar-refractivity contribution in [3.05, 3.63) is 65.2 Å². The zero-order valence-corrected chi connectivity index (χ0v) is 16.1. The number of aromatic amines is 1. The van der Waals surface area contributed by atoms with Gasteiger partial charge in [0.15, 0.2) is 11.5 Å². The molecule has 0 bridgehead atoms. The standard InChI is InChI=1S/C21H22N2O3S/c1-25-20-9-5-7-18(21(20)26-2)15-11-16(23-27(24)13-15)10-14-12-22-19-8-4-3-6-17(14)19/h3-9,12-13,16,22-23H,10-11H2,1-2H3. The van der Waals surface area contributed by atoms with Gasteiger partial charge in [0.2, 0.25) is 0 Å². The van der Waals surface area contributed by atoms with Crippen molar-refractivity contribution in [2.75, 3.05) is 14.2 Å². The van der Waals surface area contributed by atoms with Crippen LogP contribution in [-0.2, 0) is 17.4 Å². The number of para-hydroxylation sites is 2. The van der Waals surface area contributed by atoms with Gasteiger partial charge in [-0.15, -0.1) is 0 Å². The van der Waals surface area contributed by atoms with Gasteiger partial charge < -0.3 is 14.5 Å². The predicted molar refractivity (Wildman–Crippen MR) is 109 cm³/mol. The van der Waals surface area contributed by atoms with Crippen molar-refractivity contribution in [3.63, 3.8) is 0 Å². The van der Waals surface area contributed by atoms with Crippen molar-refractivity contribution in [1.29, 1.82) is 0 Å². The quantitative estimate of drug-likeness (QED) is 0.706. The third-order valence-electron chi connectivity index (χ3n) is 4.89. The summed E-state index contributed by atoms with van der Waals surface area (Å²) < 4.78 is 26.6. The average Bonchev–Trinajstić information content (AvgIpc) is 3.09. The molecule has 0 amide bonds. The molecule has 4 rings (SSSR count). The second-order valence-corrected chi connectivity index (χ2v) is 7.63. The Bertz CT molecular complexity index is 1030. The first-order valence-electron chi connectivity index (χ1n) is 8.83. The smallest absolute Gasteiger partial charge is 0.168 e. The summed E-state index contributed by atoms with van der Waals surface area (Å²) in [6.45, 7) is 0. The highest BCUT2D eigenvalue weighted by molar-refractivity contribution is 7.86. The summed E-state index contributed by atoms with van der Waals surface area (Å²) in [6, 6.07) is 14.1. The van der Waals surface area contributed by atoms with E-state index < -0.39 is 11.0 Å². The summed E-state index contributed by atoms with van der Waals surface area (Å²) in [6.07, 6.45) is 3.59. The van der Waals surface area contributed by atoms with Gasteiger partial charge in [0.1, 0.15) is 11.0 Å². The molecule has 0 aliphatic carbocycles. The van der Waals surface area contributed by atoms with Crippen molar-refractivity contribution in [2.24, 2.45) is 0 Å². The van der Waals surface area contributed by atoms with E-state index in [1.54, 1.807) is 19.6 Å². The summed E-state index contributed by atoms with van der Waals surface area (Å²) in [5.74, 6) is 1.35. The monoisotopic (exact) mass is 382 g/mol. The summed E-state index contributed by atoms with van der Waals surface area (Å²) >= 11 is 0. The average molecular weight is 382 g/mol. The first-order chi connectivity index (χ1) is 13.2. The molecule has 1 aromatic heterocycles. The fourth-order valence-corrected chi connectivity index (χ4v) is 4.72. The Morgan fingerprint density at radius 1 is 1.11 bits per heavy atom. The first kappa shape index (κ1) is 17.8. The molecule has 3 aromatic rings. The lowest BCUT2D eigenvalue weighted by molar-refractivity contribution is 0.354. The highest BCUT2D eigenvalue weighted by Gasteiger charge is 2.24. The number of ether oxygens (including phenoxy) is 2. The van der Waals surface area contributed by atoms with Crippen molar-refractivity contribution < 1.29 is 13.7 Å². The van der Waals surface area contributed by atoms with Crippen LogP contribution in [0.15, 0.2) is 54.1 Å². The lowest BCUT2D eigenvalue weighted by Crippen LogP contribution is -2.35. The highest BCUT2D eigenvalue weighted by Crippen LogP contribution is 2.38. The van der Waals surface area contributed by atoms with Gasteiger partial charge in [0.25, 0.3) is 0 Å². The fraction of sp³-hybridized carbons (Fsp3) is 0.238. The summed E-state index contributed by atoms with van der Waals surface area (Å²) in [4.78, 5) is 3.31. The molecule has 1 aliphatic heterocycles. The second-order valence-electron chi connectivity index (χ2n) is 6.56. The predicted octanol–water partition coefficient (Wildman–Crippen LogP) is 3.79. The minimum Gasteiger partial charge on any atom is -0.493 e. The van der Waals surface area contributed by atoms with Crippen LogP contribution in [0.2, 0.25) is 0 Å². The molecule has 2 aromatic carbocycles. The Labute approximate surface area is 161 Å². The molecule has 5 nitrogen and oxygen atoms in total. The van der Waals surface area contributed by atoms with Crippen LogP contribution in [0.4, 0.5) is 0 Å². The summed E-state index contributed by atoms with van der Waals surface area (Å²) in [5, 5.41) is 2.98. The maximum absolute atomic E-state index is 12.4. The molecule has 0 saturated carbocycles. The third kappa shape index (κ3) is 3.50. The van der Waals surface area contributed by atoms with E-state index in [1.165, 1.54) is 10.9 Å². The van der Waals surface area contributed by atoms with Crippen LogP contribution in [0.5, 0.6) is 11.5 Å². The van der Waals surface area contributed by atoms with Crippen molar-refractivity contribution >= 4 is 27.5 Å². The van der Waals surface area contributed by atoms with Gasteiger partial charge in [-0.05, 0) is 36.1 Å². The second kappa shape index (κ2) is 7.58. The molecule has 0 spiro atoms. The maximum atomic E-state index is 12.4. The molecular weight excluding hydrogens is 360 g/mol. The van der Waals surface area contributed by atoms with Crippen molar-refractivity contribution in [3.8, 4) is 11.5 Å². The van der Waals surface area contributed by atoms with Gasteiger partial charge in [-0.25, -0.2) is 8.93 Å². The topological polar surface area (TPSA) is 63.3 Å². The number of benzene rings is 2. The lowest BCUT2D eigenvalue weighted by Gasteiger charge is -2.25. The van der Waals surface area contributed by atoms with Crippen LogP contribution in [0.3, 0.4) is 0 Å². The van der Waals surface area contributed by atoms with Crippen LogP contribution in [0.25, 0.3) is 16.5 Å². The van der Waals surface area contributed by atoms with E-state index in [-0.39, 0.29) is 6.04 Å². The molecule has 0 saturated heterocycles. The third-order valence-corrected chi connectivity index (χ3v) is 5.95. The van der Waals surface area contributed by atoms with E-state index >= 15 is 0 Å². The minimum atomic E-state index is -1.23. The number of hydrogen-bond acceptors (Lipinski definition) is 3. The molecule has 2 unspecified atom stereocenters. The van der Waals surface area contributed by atoms with Gasteiger partial charge >= 0.3 is 0 Å². The van der Waals surface area contributed by atoms with Crippen LogP contribution < -0.4 is 14.2 Å². The Hall–Kier alpha value is -2.57. The van der Waals surface area contributed by atoms with Crippen molar-refractivity contribution in [2.45, 2.75) is 18.9 Å². The summed E-state index contributed by atoms with van der Waals surface area (Å²) in [7, 11) is 2.02. The summed E-state index contributed by atoms with van der Waals surface area (Å²) in [5.41, 5.74) is 4.27. The molecule has 140 valence electrons. The SMILES string of the molecule is COc1cccc(C2=CS(=O)NC(Cc3c[nH]c4ccccc34)C2)c1OC. The van der Waals surface area contributed by atoms with Crippen LogP contribution >= 0.6 is 0 Å². The highest BCUT2D eigenvalue weighted by atomic mass is 32.2. The number of aromatic nitrogens is 1. The minimum absolute atomic E-state index is 0.0703. The Kier molecular flexibility index (Phi) is 5.01. The van der Waals surface area contributed by atoms with Crippen LogP contribution in [0.1, 0.15) is 17.5 Å². The maximum Gasteiger partial charge on any atom is 0.168 e. The molecule has 27 heavy (non-hydrogen) atoms. The number of fused-ring (bicyclic) bond motifs is 1. The number of hydrogen-bond donors (Lipinski definition) is 2. The molecule has 1 aliphatic rings. The number of rotatable bonds is 5.